The Labute approximate surface area is 352 Å². The standard InChI is InChI=1S/C43H54F2N8O8/c1-22-19-43-34(36(43)55)23(2)35(49-37(56)31(16-25-14-26(44)17-27(45)15-25)48-42(61)47-28-9-11-29(12-10-28)50(4)5)41(60)52-21-30(54)18-33(52)40(59)51-13-7-6-8-32(51)38(57)46-24(3)39(58)53(43)20-22/h9-12,14-15,17,22-24,30-35,54H,6-8,13,16,18-21H2,1-5H3,(H,46,57)(H,49,56)(H2,47,48,61)/t22-,23-,24+,30-,31+,32+,33+,34?,35+,43?/m1/s1. The highest BCUT2D eigenvalue weighted by molar-refractivity contribution is 6.12. The van der Waals surface area contributed by atoms with Gasteiger partial charge in [-0.25, -0.2) is 13.6 Å². The first-order valence-corrected chi connectivity index (χ1v) is 20.9. The molecule has 61 heavy (non-hydrogen) atoms. The molecule has 2 aromatic rings. The van der Waals surface area contributed by atoms with E-state index in [9.17, 15) is 42.7 Å². The molecule has 0 radical (unpaired) electrons. The first kappa shape index (κ1) is 43.4. The number of urea groups is 1. The van der Waals surface area contributed by atoms with E-state index in [-0.39, 0.29) is 49.7 Å². The molecule has 4 saturated heterocycles. The molecule has 328 valence electrons. The highest BCUT2D eigenvalue weighted by Gasteiger charge is 2.74. The summed E-state index contributed by atoms with van der Waals surface area (Å²) >= 11 is 0. The SMILES string of the molecule is C[C@H]1CN2C(=O)[C@H](C)NC(=O)[C@@H]3CCCCN3C(=O)[C@@H]3C[C@@H](O)CN3C(=O)[C@@H](NC(=O)[C@H](Cc3cc(F)cc(F)c3)NC(=O)Nc3ccc(N(C)C)cc3)[C@H](C)C3C(=O)C32C1. The topological polar surface area (TPSA) is 201 Å². The lowest BCUT2D eigenvalue weighted by Gasteiger charge is -2.39. The normalized spacial score (nSPS) is 30.8. The number of rotatable bonds is 7. The number of nitrogens with zero attached hydrogens (tertiary/aromatic N) is 4. The number of aliphatic hydroxyl groups is 1. The zero-order valence-electron chi connectivity index (χ0n) is 35.0. The molecule has 4 heterocycles. The molecule has 10 atom stereocenters. The van der Waals surface area contributed by atoms with Gasteiger partial charge in [0, 0.05) is 64.0 Å². The number of halogens is 2. The maximum absolute atomic E-state index is 15.0. The van der Waals surface area contributed by atoms with Gasteiger partial charge in [0.05, 0.1) is 12.0 Å². The van der Waals surface area contributed by atoms with Crippen molar-refractivity contribution in [2.45, 2.75) is 101 Å². The van der Waals surface area contributed by atoms with Crippen LogP contribution in [0, 0.1) is 29.4 Å². The van der Waals surface area contributed by atoms with Crippen LogP contribution in [0.2, 0.25) is 0 Å². The summed E-state index contributed by atoms with van der Waals surface area (Å²) < 4.78 is 28.9. The number of anilines is 2. The number of hydrogen-bond acceptors (Lipinski definition) is 9. The molecule has 5 aliphatic rings. The van der Waals surface area contributed by atoms with Crippen molar-refractivity contribution in [2.75, 3.05) is 43.9 Å². The van der Waals surface area contributed by atoms with Crippen LogP contribution in [0.1, 0.15) is 58.4 Å². The van der Waals surface area contributed by atoms with Gasteiger partial charge in [-0.1, -0.05) is 13.8 Å². The summed E-state index contributed by atoms with van der Waals surface area (Å²) in [4.78, 5) is 106. The first-order valence-electron chi connectivity index (χ1n) is 20.9. The van der Waals surface area contributed by atoms with Crippen molar-refractivity contribution in [1.82, 2.24) is 30.7 Å². The van der Waals surface area contributed by atoms with Gasteiger partial charge < -0.3 is 46.0 Å². The molecule has 7 rings (SSSR count). The van der Waals surface area contributed by atoms with E-state index in [2.05, 4.69) is 21.3 Å². The fraction of sp³-hybridized carbons (Fsp3) is 0.558. The average molecular weight is 849 g/mol. The van der Waals surface area contributed by atoms with Gasteiger partial charge in [0.25, 0.3) is 0 Å². The van der Waals surface area contributed by atoms with Crippen LogP contribution in [-0.2, 0) is 35.2 Å². The molecular formula is C43H54F2N8O8. The van der Waals surface area contributed by atoms with E-state index in [0.29, 0.717) is 31.0 Å². The third-order valence-electron chi connectivity index (χ3n) is 12.9. The predicted octanol–water partition coefficient (Wildman–Crippen LogP) is 1.55. The zero-order valence-corrected chi connectivity index (χ0v) is 35.0. The Morgan fingerprint density at radius 2 is 1.61 bits per heavy atom. The minimum atomic E-state index is -1.55. The smallest absolute Gasteiger partial charge is 0.319 e. The largest absolute Gasteiger partial charge is 0.391 e. The van der Waals surface area contributed by atoms with Crippen LogP contribution in [0.25, 0.3) is 0 Å². The van der Waals surface area contributed by atoms with E-state index in [1.165, 1.54) is 21.6 Å². The Morgan fingerprint density at radius 1 is 0.918 bits per heavy atom. The monoisotopic (exact) mass is 848 g/mol. The van der Waals surface area contributed by atoms with Crippen molar-refractivity contribution in [3.8, 4) is 0 Å². The van der Waals surface area contributed by atoms with Crippen molar-refractivity contribution in [2.24, 2.45) is 17.8 Å². The molecule has 2 aromatic carbocycles. The molecular weight excluding hydrogens is 795 g/mol. The lowest BCUT2D eigenvalue weighted by Crippen LogP contribution is -2.61. The van der Waals surface area contributed by atoms with Crippen LogP contribution in [0.5, 0.6) is 0 Å². The van der Waals surface area contributed by atoms with Gasteiger partial charge in [0.2, 0.25) is 29.5 Å². The molecule has 1 spiro atoms. The fourth-order valence-electron chi connectivity index (χ4n) is 9.97. The second-order valence-electron chi connectivity index (χ2n) is 17.6. The van der Waals surface area contributed by atoms with Gasteiger partial charge in [0.1, 0.15) is 47.4 Å². The maximum atomic E-state index is 15.0. The van der Waals surface area contributed by atoms with E-state index >= 15 is 4.79 Å². The van der Waals surface area contributed by atoms with Crippen LogP contribution >= 0.6 is 0 Å². The molecule has 2 unspecified atom stereocenters. The fourth-order valence-corrected chi connectivity index (χ4v) is 9.97. The number of hydrogen-bond donors (Lipinski definition) is 5. The second kappa shape index (κ2) is 17.0. The number of benzene rings is 2. The number of piperidine rings is 1. The molecule has 0 aromatic heterocycles. The Morgan fingerprint density at radius 3 is 2.28 bits per heavy atom. The summed E-state index contributed by atoms with van der Waals surface area (Å²) in [5, 5.41) is 21.7. The average Bonchev–Trinajstić information content (AvgIpc) is 3.43. The quantitative estimate of drug-likeness (QED) is 0.274. The number of aliphatic hydroxyl groups excluding tert-OH is 1. The molecule has 16 nitrogen and oxygen atoms in total. The van der Waals surface area contributed by atoms with Crippen LogP contribution in [0.4, 0.5) is 25.0 Å². The van der Waals surface area contributed by atoms with Crippen LogP contribution in [0.15, 0.2) is 42.5 Å². The zero-order chi connectivity index (χ0) is 44.1. The highest BCUT2D eigenvalue weighted by Crippen LogP contribution is 2.57. The van der Waals surface area contributed by atoms with Gasteiger partial charge in [-0.2, -0.15) is 0 Å². The maximum Gasteiger partial charge on any atom is 0.319 e. The lowest BCUT2D eigenvalue weighted by atomic mass is 9.90. The number of Topliss-reactive ketones (excluding diaryl/α,β-unsaturated/α-hetero) is 1. The molecule has 18 heteroatoms. The van der Waals surface area contributed by atoms with E-state index < -0.39 is 107 Å². The van der Waals surface area contributed by atoms with E-state index in [1.54, 1.807) is 31.2 Å². The Balaban J connectivity index is 1.25. The number of carbonyl (C=O) groups excluding carboxylic acids is 7. The Hall–Kier alpha value is -5.65. The van der Waals surface area contributed by atoms with Crippen LogP contribution in [-0.4, -0.2) is 137 Å². The van der Waals surface area contributed by atoms with E-state index in [0.717, 1.165) is 17.8 Å². The van der Waals surface area contributed by atoms with Crippen LogP contribution < -0.4 is 26.2 Å². The van der Waals surface area contributed by atoms with Crippen molar-refractivity contribution in [3.63, 3.8) is 0 Å². The molecule has 0 bridgehead atoms. The predicted molar refractivity (Wildman–Crippen MR) is 218 cm³/mol. The van der Waals surface area contributed by atoms with E-state index in [4.69, 9.17) is 0 Å². The number of amides is 7. The van der Waals surface area contributed by atoms with Crippen molar-refractivity contribution < 1.29 is 47.4 Å². The van der Waals surface area contributed by atoms with Gasteiger partial charge in [-0.05, 0) is 86.4 Å². The number of fused-ring (bicyclic) bond motifs is 2. The Kier molecular flexibility index (Phi) is 12.1. The van der Waals surface area contributed by atoms with Gasteiger partial charge >= 0.3 is 6.03 Å². The third-order valence-corrected chi connectivity index (χ3v) is 12.9. The van der Waals surface area contributed by atoms with Crippen molar-refractivity contribution >= 4 is 52.7 Å². The second-order valence-corrected chi connectivity index (χ2v) is 17.6. The number of nitrogens with one attached hydrogen (secondary N) is 4. The summed E-state index contributed by atoms with van der Waals surface area (Å²) in [6.07, 6.45) is 0.0852. The lowest BCUT2D eigenvalue weighted by molar-refractivity contribution is -0.151. The van der Waals surface area contributed by atoms with Crippen molar-refractivity contribution in [3.05, 3.63) is 59.7 Å². The molecule has 5 fully saturated rings. The van der Waals surface area contributed by atoms with Crippen LogP contribution in [0.3, 0.4) is 0 Å². The summed E-state index contributed by atoms with van der Waals surface area (Å²) in [7, 11) is 3.70. The number of ketones is 1. The molecule has 1 saturated carbocycles. The van der Waals surface area contributed by atoms with E-state index in [1.807, 2.05) is 25.9 Å². The van der Waals surface area contributed by atoms with Gasteiger partial charge in [-0.3, -0.25) is 28.8 Å². The third kappa shape index (κ3) is 8.50. The first-order chi connectivity index (χ1) is 28.9. The minimum Gasteiger partial charge on any atom is -0.391 e. The number of carbonyl (C=O) groups is 7. The Bertz CT molecular complexity index is 2090. The summed E-state index contributed by atoms with van der Waals surface area (Å²) in [5.74, 6) is -7.60. The van der Waals surface area contributed by atoms with Gasteiger partial charge in [0.15, 0.2) is 5.78 Å². The molecule has 4 aliphatic heterocycles. The molecule has 7 amide bonds. The highest BCUT2D eigenvalue weighted by atomic mass is 19.1. The van der Waals surface area contributed by atoms with Gasteiger partial charge in [-0.15, -0.1) is 0 Å². The summed E-state index contributed by atoms with van der Waals surface area (Å²) in [6.45, 7) is 5.13. The minimum absolute atomic E-state index is 0.0156. The summed E-state index contributed by atoms with van der Waals surface area (Å²) in [5.41, 5.74) is -0.0954. The molecule has 5 N–H and O–H groups in total. The summed E-state index contributed by atoms with van der Waals surface area (Å²) in [6, 6.07) is 2.32. The van der Waals surface area contributed by atoms with Crippen molar-refractivity contribution in [1.29, 1.82) is 0 Å². The molecule has 1 aliphatic carbocycles.